The van der Waals surface area contributed by atoms with Crippen molar-refractivity contribution in [1.82, 2.24) is 4.72 Å². The lowest BCUT2D eigenvalue weighted by atomic mass is 10.1. The number of sulfonamides is 1. The van der Waals surface area contributed by atoms with Crippen molar-refractivity contribution < 1.29 is 32.2 Å². The molecule has 0 radical (unpaired) electrons. The summed E-state index contributed by atoms with van der Waals surface area (Å²) < 4.78 is 42.2. The number of benzene rings is 2. The topological polar surface area (TPSA) is 108 Å². The first-order valence-electron chi connectivity index (χ1n) is 8.73. The minimum Gasteiger partial charge on any atom is -0.497 e. The summed E-state index contributed by atoms with van der Waals surface area (Å²) in [7, 11) is -0.975. The van der Waals surface area contributed by atoms with Crippen LogP contribution in [0, 0.1) is 0 Å². The van der Waals surface area contributed by atoms with Gasteiger partial charge in [0.25, 0.3) is 0 Å². The van der Waals surface area contributed by atoms with Gasteiger partial charge in [-0.15, -0.1) is 0 Å². The second-order valence-corrected chi connectivity index (χ2v) is 7.90. The van der Waals surface area contributed by atoms with Gasteiger partial charge in [-0.1, -0.05) is 0 Å². The van der Waals surface area contributed by atoms with Crippen LogP contribution in [-0.2, 0) is 19.6 Å². The van der Waals surface area contributed by atoms with Crippen molar-refractivity contribution in [3.8, 4) is 11.5 Å². The smallest absolute Gasteiger partial charge is 0.324 e. The van der Waals surface area contributed by atoms with Gasteiger partial charge >= 0.3 is 5.97 Å². The lowest BCUT2D eigenvalue weighted by molar-refractivity contribution is -0.147. The van der Waals surface area contributed by atoms with Gasteiger partial charge < -0.3 is 14.2 Å². The number of rotatable bonds is 9. The molecule has 0 spiro atoms. The number of methoxy groups -OCH3 is 2. The number of hydrogen-bond acceptors (Lipinski definition) is 7. The first-order chi connectivity index (χ1) is 13.7. The second kappa shape index (κ2) is 9.53. The highest BCUT2D eigenvalue weighted by Gasteiger charge is 2.27. The van der Waals surface area contributed by atoms with E-state index in [0.29, 0.717) is 17.1 Å². The van der Waals surface area contributed by atoms with Crippen LogP contribution >= 0.6 is 0 Å². The second-order valence-electron chi connectivity index (χ2n) is 6.19. The minimum atomic E-state index is -3.95. The van der Waals surface area contributed by atoms with Gasteiger partial charge in [0.15, 0.2) is 6.10 Å². The van der Waals surface area contributed by atoms with E-state index in [1.165, 1.54) is 52.3 Å². The van der Waals surface area contributed by atoms with Gasteiger partial charge in [0.05, 0.1) is 19.1 Å². The number of hydrogen-bond donors (Lipinski definition) is 1. The molecule has 0 saturated heterocycles. The minimum absolute atomic E-state index is 0.0275. The molecule has 0 aliphatic heterocycles. The molecule has 9 heteroatoms. The van der Waals surface area contributed by atoms with Crippen LogP contribution in [0.5, 0.6) is 11.5 Å². The Morgan fingerprint density at radius 1 is 0.862 bits per heavy atom. The highest BCUT2D eigenvalue weighted by molar-refractivity contribution is 7.89. The van der Waals surface area contributed by atoms with E-state index >= 15 is 0 Å². The summed E-state index contributed by atoms with van der Waals surface area (Å²) in [6.07, 6.45) is -1.08. The van der Waals surface area contributed by atoms with Crippen LogP contribution in [0.1, 0.15) is 24.2 Å². The molecule has 0 heterocycles. The van der Waals surface area contributed by atoms with Gasteiger partial charge in [-0.05, 0) is 62.4 Å². The fourth-order valence-corrected chi connectivity index (χ4v) is 3.62. The Bertz CT molecular complexity index is 953. The maximum Gasteiger partial charge on any atom is 0.324 e. The molecular formula is C20H23NO7S. The zero-order valence-corrected chi connectivity index (χ0v) is 17.4. The third-order valence-electron chi connectivity index (χ3n) is 4.09. The Kier molecular flexibility index (Phi) is 7.35. The van der Waals surface area contributed by atoms with Gasteiger partial charge in [-0.3, -0.25) is 9.59 Å². The summed E-state index contributed by atoms with van der Waals surface area (Å²) >= 11 is 0. The normalized spacial score (nSPS) is 13.2. The van der Waals surface area contributed by atoms with E-state index in [-0.39, 0.29) is 4.90 Å². The van der Waals surface area contributed by atoms with Crippen molar-refractivity contribution >= 4 is 21.8 Å². The van der Waals surface area contributed by atoms with Crippen LogP contribution in [0.3, 0.4) is 0 Å². The Balaban J connectivity index is 2.00. The molecular weight excluding hydrogens is 398 g/mol. The van der Waals surface area contributed by atoms with E-state index in [0.717, 1.165) is 0 Å². The standard InChI is InChI=1S/C20H23NO7S/c1-13(21-29(24,25)18-11-9-17(27-4)10-12-18)20(23)28-14(2)19(22)15-5-7-16(26-3)8-6-15/h5-14,21H,1-4H3/t13-,14?/m0/s1. The molecule has 0 saturated carbocycles. The molecule has 156 valence electrons. The van der Waals surface area contributed by atoms with Crippen LogP contribution < -0.4 is 14.2 Å². The molecule has 8 nitrogen and oxygen atoms in total. The molecule has 1 N–H and O–H groups in total. The Hall–Kier alpha value is -2.91. The first kappa shape index (κ1) is 22.4. The van der Waals surface area contributed by atoms with Crippen LogP contribution in [-0.4, -0.2) is 46.5 Å². The van der Waals surface area contributed by atoms with Crippen LogP contribution in [0.25, 0.3) is 0 Å². The Morgan fingerprint density at radius 2 is 1.34 bits per heavy atom. The fourth-order valence-electron chi connectivity index (χ4n) is 2.42. The summed E-state index contributed by atoms with van der Waals surface area (Å²) in [6.45, 7) is 2.77. The van der Waals surface area contributed by atoms with Crippen molar-refractivity contribution in [1.29, 1.82) is 0 Å². The molecule has 2 atom stereocenters. The van der Waals surface area contributed by atoms with Crippen molar-refractivity contribution in [2.45, 2.75) is 30.9 Å². The number of carbonyl (C=O) groups excluding carboxylic acids is 2. The molecule has 1 unspecified atom stereocenters. The summed E-state index contributed by atoms with van der Waals surface area (Å²) in [5.74, 6) is -0.183. The molecule has 0 aromatic heterocycles. The quantitative estimate of drug-likeness (QED) is 0.488. The van der Waals surface area contributed by atoms with E-state index in [1.54, 1.807) is 24.3 Å². The average Bonchev–Trinajstić information content (AvgIpc) is 2.72. The van der Waals surface area contributed by atoms with Crippen LogP contribution in [0.15, 0.2) is 53.4 Å². The van der Waals surface area contributed by atoms with Crippen molar-refractivity contribution in [3.05, 3.63) is 54.1 Å². The van der Waals surface area contributed by atoms with Crippen molar-refractivity contribution in [3.63, 3.8) is 0 Å². The van der Waals surface area contributed by atoms with Crippen LogP contribution in [0.2, 0.25) is 0 Å². The average molecular weight is 421 g/mol. The molecule has 2 aromatic rings. The number of nitrogens with one attached hydrogen (secondary N) is 1. The summed E-state index contributed by atoms with van der Waals surface area (Å²) in [6, 6.07) is 10.9. The predicted octanol–water partition coefficient (Wildman–Crippen LogP) is 2.19. The lowest BCUT2D eigenvalue weighted by Gasteiger charge is -2.17. The maximum absolute atomic E-state index is 12.4. The molecule has 0 aliphatic rings. The van der Waals surface area contributed by atoms with Gasteiger partial charge in [0.1, 0.15) is 17.5 Å². The van der Waals surface area contributed by atoms with E-state index in [9.17, 15) is 18.0 Å². The predicted molar refractivity (Wildman–Crippen MR) is 106 cm³/mol. The monoisotopic (exact) mass is 421 g/mol. The SMILES string of the molecule is COc1ccc(C(=O)C(C)OC(=O)[C@H](C)NS(=O)(=O)c2ccc(OC)cc2)cc1. The lowest BCUT2D eigenvalue weighted by Crippen LogP contribution is -2.41. The Labute approximate surface area is 169 Å². The van der Waals surface area contributed by atoms with Crippen molar-refractivity contribution in [2.24, 2.45) is 0 Å². The summed E-state index contributed by atoms with van der Waals surface area (Å²) in [5.41, 5.74) is 0.345. The molecule has 0 amide bonds. The zero-order chi connectivity index (χ0) is 21.6. The largest absolute Gasteiger partial charge is 0.497 e. The summed E-state index contributed by atoms with van der Waals surface area (Å²) in [5, 5.41) is 0. The molecule has 0 fully saturated rings. The van der Waals surface area contributed by atoms with E-state index in [4.69, 9.17) is 14.2 Å². The molecule has 2 rings (SSSR count). The molecule has 2 aromatic carbocycles. The number of esters is 1. The zero-order valence-electron chi connectivity index (χ0n) is 16.5. The number of ether oxygens (including phenoxy) is 3. The maximum atomic E-state index is 12.4. The van der Waals surface area contributed by atoms with Gasteiger partial charge in [-0.25, -0.2) is 8.42 Å². The van der Waals surface area contributed by atoms with Gasteiger partial charge in [0, 0.05) is 5.56 Å². The number of ketones is 1. The van der Waals surface area contributed by atoms with Gasteiger partial charge in [0.2, 0.25) is 15.8 Å². The fraction of sp³-hybridized carbons (Fsp3) is 0.300. The van der Waals surface area contributed by atoms with E-state index in [1.807, 2.05) is 0 Å². The van der Waals surface area contributed by atoms with E-state index < -0.39 is 33.9 Å². The van der Waals surface area contributed by atoms with E-state index in [2.05, 4.69) is 4.72 Å². The molecule has 29 heavy (non-hydrogen) atoms. The van der Waals surface area contributed by atoms with Gasteiger partial charge in [-0.2, -0.15) is 4.72 Å². The number of Topliss-reactive ketones (excluding diaryl/α,β-unsaturated/α-hetero) is 1. The molecule has 0 aliphatic carbocycles. The Morgan fingerprint density at radius 3 is 1.83 bits per heavy atom. The third-order valence-corrected chi connectivity index (χ3v) is 5.65. The third kappa shape index (κ3) is 5.78. The highest BCUT2D eigenvalue weighted by atomic mass is 32.2. The molecule has 0 bridgehead atoms. The highest BCUT2D eigenvalue weighted by Crippen LogP contribution is 2.17. The summed E-state index contributed by atoms with van der Waals surface area (Å²) in [4.78, 5) is 24.6. The number of carbonyl (C=O) groups is 2. The first-order valence-corrected chi connectivity index (χ1v) is 10.2. The van der Waals surface area contributed by atoms with Crippen molar-refractivity contribution in [2.75, 3.05) is 14.2 Å². The van der Waals surface area contributed by atoms with Crippen LogP contribution in [0.4, 0.5) is 0 Å².